The van der Waals surface area contributed by atoms with E-state index in [2.05, 4.69) is 60.7 Å². The van der Waals surface area contributed by atoms with Crippen molar-refractivity contribution < 1.29 is 0 Å². The minimum Gasteiger partial charge on any atom is -0.377 e. The van der Waals surface area contributed by atoms with Crippen LogP contribution in [0.15, 0.2) is 30.3 Å². The molecule has 0 aliphatic rings. The van der Waals surface area contributed by atoms with Gasteiger partial charge < -0.3 is 10.2 Å². The number of hydrogen-bond acceptors (Lipinski definition) is 2. The van der Waals surface area contributed by atoms with E-state index >= 15 is 0 Å². The van der Waals surface area contributed by atoms with Gasteiger partial charge in [-0.05, 0) is 31.6 Å². The van der Waals surface area contributed by atoms with Gasteiger partial charge in [0.05, 0.1) is 0 Å². The van der Waals surface area contributed by atoms with Crippen molar-refractivity contribution in [1.29, 1.82) is 0 Å². The molecule has 0 saturated heterocycles. The number of benzene rings is 1. The molecule has 0 radical (unpaired) electrons. The summed E-state index contributed by atoms with van der Waals surface area (Å²) in [5, 5.41) is 3.13. The second kappa shape index (κ2) is 6.25. The summed E-state index contributed by atoms with van der Waals surface area (Å²) in [5.74, 6) is 0. The van der Waals surface area contributed by atoms with Crippen molar-refractivity contribution in [2.75, 3.05) is 32.6 Å². The number of nitrogens with one attached hydrogen (secondary N) is 1. The minimum atomic E-state index is 1.03. The van der Waals surface area contributed by atoms with Crippen LogP contribution in [0.2, 0.25) is 0 Å². The molecule has 82 valence electrons. The Labute approximate surface area is 92.6 Å². The van der Waals surface area contributed by atoms with E-state index in [9.17, 15) is 0 Å². The maximum absolute atomic E-state index is 3.13. The predicted molar refractivity (Wildman–Crippen MR) is 68.3 cm³/mol. The Kier molecular flexibility index (Phi) is 4.91. The lowest BCUT2D eigenvalue weighted by Crippen LogP contribution is -2.09. The molecule has 2 nitrogen and oxygen atoms in total. The van der Waals surface area contributed by atoms with E-state index < -0.39 is 0 Å². The third-order valence-electron chi connectivity index (χ3n) is 2.28. The number of hydrogen-bond donors (Lipinski definition) is 1. The zero-order chi connectivity index (χ0) is 11.1. The Morgan fingerprint density at radius 3 is 2.67 bits per heavy atom. The third kappa shape index (κ3) is 3.76. The largest absolute Gasteiger partial charge is 0.377 e. The first-order valence-corrected chi connectivity index (χ1v) is 5.33. The second-order valence-corrected chi connectivity index (χ2v) is 3.75. The number of para-hydroxylation sites is 1. The highest BCUT2D eigenvalue weighted by Crippen LogP contribution is 2.19. The van der Waals surface area contributed by atoms with Crippen LogP contribution in [0.3, 0.4) is 0 Å². The summed E-state index contributed by atoms with van der Waals surface area (Å²) in [7, 11) is 6.11. The van der Waals surface area contributed by atoms with Crippen molar-refractivity contribution in [1.82, 2.24) is 5.32 Å². The molecule has 1 rings (SSSR count). The lowest BCUT2D eigenvalue weighted by molar-refractivity contribution is 0.809. The molecule has 1 aromatic carbocycles. The standard InChI is InChI=1S/C13H20N2/c1-14-11-7-6-9-12-8-4-5-10-13(12)15(2)3/h4-6,8-10,14H,7,11H2,1-3H3. The van der Waals surface area contributed by atoms with Crippen LogP contribution in [0.25, 0.3) is 6.08 Å². The zero-order valence-electron chi connectivity index (χ0n) is 9.83. The van der Waals surface area contributed by atoms with Gasteiger partial charge in [0.2, 0.25) is 0 Å². The molecule has 0 fully saturated rings. The van der Waals surface area contributed by atoms with Crippen LogP contribution in [0.5, 0.6) is 0 Å². The summed E-state index contributed by atoms with van der Waals surface area (Å²) >= 11 is 0. The van der Waals surface area contributed by atoms with Crippen LogP contribution in [0.4, 0.5) is 5.69 Å². The molecule has 0 aliphatic carbocycles. The minimum absolute atomic E-state index is 1.03. The Hall–Kier alpha value is -1.28. The van der Waals surface area contributed by atoms with Crippen LogP contribution < -0.4 is 10.2 Å². The van der Waals surface area contributed by atoms with Crippen molar-refractivity contribution in [3.63, 3.8) is 0 Å². The van der Waals surface area contributed by atoms with Gasteiger partial charge in [0, 0.05) is 19.8 Å². The fourth-order valence-corrected chi connectivity index (χ4v) is 1.47. The second-order valence-electron chi connectivity index (χ2n) is 3.75. The molecule has 2 heteroatoms. The van der Waals surface area contributed by atoms with Crippen LogP contribution in [0, 0.1) is 0 Å². The molecule has 0 amide bonds. The van der Waals surface area contributed by atoms with E-state index in [1.165, 1.54) is 11.3 Å². The molecule has 0 unspecified atom stereocenters. The van der Waals surface area contributed by atoms with Crippen molar-refractivity contribution in [2.24, 2.45) is 0 Å². The van der Waals surface area contributed by atoms with E-state index in [0.717, 1.165) is 13.0 Å². The van der Waals surface area contributed by atoms with E-state index in [1.807, 2.05) is 7.05 Å². The topological polar surface area (TPSA) is 15.3 Å². The Morgan fingerprint density at radius 2 is 2.00 bits per heavy atom. The molecule has 0 atom stereocenters. The van der Waals surface area contributed by atoms with Crippen LogP contribution in [-0.4, -0.2) is 27.7 Å². The molecule has 0 saturated carbocycles. The van der Waals surface area contributed by atoms with Crippen LogP contribution >= 0.6 is 0 Å². The highest BCUT2D eigenvalue weighted by molar-refractivity contribution is 5.67. The van der Waals surface area contributed by atoms with Gasteiger partial charge in [0.25, 0.3) is 0 Å². The molecule has 0 heterocycles. The van der Waals surface area contributed by atoms with Gasteiger partial charge in [-0.3, -0.25) is 0 Å². The van der Waals surface area contributed by atoms with Gasteiger partial charge in [0.1, 0.15) is 0 Å². The van der Waals surface area contributed by atoms with Crippen molar-refractivity contribution in [3.05, 3.63) is 35.9 Å². The first-order valence-electron chi connectivity index (χ1n) is 5.33. The molecule has 1 N–H and O–H groups in total. The molecular formula is C13H20N2. The monoisotopic (exact) mass is 204 g/mol. The maximum atomic E-state index is 3.13. The smallest absolute Gasteiger partial charge is 0.0434 e. The van der Waals surface area contributed by atoms with Gasteiger partial charge >= 0.3 is 0 Å². The van der Waals surface area contributed by atoms with E-state index in [4.69, 9.17) is 0 Å². The lowest BCUT2D eigenvalue weighted by Gasteiger charge is -2.15. The molecular weight excluding hydrogens is 184 g/mol. The van der Waals surface area contributed by atoms with Crippen LogP contribution in [0.1, 0.15) is 12.0 Å². The van der Waals surface area contributed by atoms with E-state index in [0.29, 0.717) is 0 Å². The zero-order valence-corrected chi connectivity index (χ0v) is 9.83. The average molecular weight is 204 g/mol. The Balaban J connectivity index is 2.71. The predicted octanol–water partition coefficient (Wildman–Crippen LogP) is 2.38. The average Bonchev–Trinajstić information content (AvgIpc) is 2.25. The SMILES string of the molecule is CNCCC=Cc1ccccc1N(C)C. The fourth-order valence-electron chi connectivity index (χ4n) is 1.47. The van der Waals surface area contributed by atoms with Crippen molar-refractivity contribution in [3.8, 4) is 0 Å². The summed E-state index contributed by atoms with van der Waals surface area (Å²) < 4.78 is 0. The molecule has 0 aromatic heterocycles. The summed E-state index contributed by atoms with van der Waals surface area (Å²) in [6.07, 6.45) is 5.46. The number of rotatable bonds is 5. The first-order chi connectivity index (χ1) is 7.25. The molecule has 15 heavy (non-hydrogen) atoms. The molecule has 0 bridgehead atoms. The summed E-state index contributed by atoms with van der Waals surface area (Å²) in [5.41, 5.74) is 2.54. The van der Waals surface area contributed by atoms with E-state index in [1.54, 1.807) is 0 Å². The first kappa shape index (κ1) is 11.8. The van der Waals surface area contributed by atoms with Crippen LogP contribution in [-0.2, 0) is 0 Å². The Bertz CT molecular complexity index is 316. The van der Waals surface area contributed by atoms with Crippen molar-refractivity contribution >= 4 is 11.8 Å². The normalized spacial score (nSPS) is 10.9. The quantitative estimate of drug-likeness (QED) is 0.741. The third-order valence-corrected chi connectivity index (χ3v) is 2.28. The Morgan fingerprint density at radius 1 is 1.27 bits per heavy atom. The van der Waals surface area contributed by atoms with Crippen molar-refractivity contribution in [2.45, 2.75) is 6.42 Å². The van der Waals surface area contributed by atoms with Gasteiger partial charge in [0.15, 0.2) is 0 Å². The van der Waals surface area contributed by atoms with Gasteiger partial charge in [-0.2, -0.15) is 0 Å². The number of anilines is 1. The van der Waals surface area contributed by atoms with Gasteiger partial charge in [-0.15, -0.1) is 0 Å². The molecule has 0 aliphatic heterocycles. The maximum Gasteiger partial charge on any atom is 0.0434 e. The summed E-state index contributed by atoms with van der Waals surface area (Å²) in [6, 6.07) is 8.42. The molecule has 1 aromatic rings. The highest BCUT2D eigenvalue weighted by Gasteiger charge is 1.98. The molecule has 0 spiro atoms. The number of nitrogens with zero attached hydrogens (tertiary/aromatic N) is 1. The lowest BCUT2D eigenvalue weighted by atomic mass is 10.1. The van der Waals surface area contributed by atoms with Gasteiger partial charge in [-0.1, -0.05) is 30.4 Å². The van der Waals surface area contributed by atoms with E-state index in [-0.39, 0.29) is 0 Å². The summed E-state index contributed by atoms with van der Waals surface area (Å²) in [6.45, 7) is 1.03. The highest BCUT2D eigenvalue weighted by atomic mass is 15.1. The van der Waals surface area contributed by atoms with Gasteiger partial charge in [-0.25, -0.2) is 0 Å². The summed E-state index contributed by atoms with van der Waals surface area (Å²) in [4.78, 5) is 2.14. The fraction of sp³-hybridized carbons (Fsp3) is 0.385.